The first-order valence-electron chi connectivity index (χ1n) is 5.56. The van der Waals surface area contributed by atoms with E-state index >= 15 is 0 Å². The molecule has 2 heteroatoms. The smallest absolute Gasteiger partial charge is 0.0750 e. The Morgan fingerprint density at radius 2 is 1.85 bits per heavy atom. The third-order valence-corrected chi connectivity index (χ3v) is 3.88. The fourth-order valence-corrected chi connectivity index (χ4v) is 3.24. The minimum Gasteiger partial charge on any atom is -0.363 e. The van der Waals surface area contributed by atoms with Crippen molar-refractivity contribution in [2.75, 3.05) is 6.54 Å². The van der Waals surface area contributed by atoms with Crippen LogP contribution < -0.4 is 0 Å². The summed E-state index contributed by atoms with van der Waals surface area (Å²) in [4.78, 5) is 3.61. The number of piperidine rings is 1. The lowest BCUT2D eigenvalue weighted by Crippen LogP contribution is -2.48. The number of hydrogen-bond donors (Lipinski definition) is 0. The maximum atomic E-state index is 5.31. The first-order chi connectivity index (χ1) is 6.29. The van der Waals surface area contributed by atoms with Gasteiger partial charge in [0.25, 0.3) is 0 Å². The molecule has 13 heavy (non-hydrogen) atoms. The minimum absolute atomic E-state index is 0.806. The highest BCUT2D eigenvalue weighted by atomic mass is 32.1. The fourth-order valence-electron chi connectivity index (χ4n) is 3.02. The highest BCUT2D eigenvalue weighted by Gasteiger charge is 2.32. The Kier molecular flexibility index (Phi) is 2.87. The van der Waals surface area contributed by atoms with E-state index in [1.165, 1.54) is 45.1 Å². The lowest BCUT2D eigenvalue weighted by atomic mass is 9.78. The van der Waals surface area contributed by atoms with E-state index in [9.17, 15) is 0 Å². The molecule has 1 aliphatic heterocycles. The van der Waals surface area contributed by atoms with Gasteiger partial charge in [-0.1, -0.05) is 25.1 Å². The van der Waals surface area contributed by atoms with Gasteiger partial charge in [0.05, 0.1) is 4.99 Å². The first kappa shape index (κ1) is 9.45. The van der Waals surface area contributed by atoms with Crippen molar-refractivity contribution in [2.45, 2.75) is 51.5 Å². The summed E-state index contributed by atoms with van der Waals surface area (Å²) >= 11 is 5.31. The van der Waals surface area contributed by atoms with Crippen LogP contribution >= 0.6 is 12.2 Å². The lowest BCUT2D eigenvalue weighted by Gasteiger charge is -2.45. The molecule has 2 atom stereocenters. The van der Waals surface area contributed by atoms with E-state index in [0.29, 0.717) is 0 Å². The third-order valence-electron chi connectivity index (χ3n) is 3.65. The second kappa shape index (κ2) is 3.95. The molecule has 0 aromatic heterocycles. The largest absolute Gasteiger partial charge is 0.363 e. The molecule has 0 bridgehead atoms. The molecule has 1 saturated heterocycles. The summed E-state index contributed by atoms with van der Waals surface area (Å²) in [6.07, 6.45) is 8.51. The quantitative estimate of drug-likeness (QED) is 0.549. The molecule has 2 rings (SSSR count). The number of nitrogens with zero attached hydrogens (tertiary/aromatic N) is 1. The molecular formula is C11H19NS. The van der Waals surface area contributed by atoms with E-state index in [1.807, 2.05) is 0 Å². The Balaban J connectivity index is 2.06. The van der Waals surface area contributed by atoms with Gasteiger partial charge in [0, 0.05) is 12.6 Å². The van der Waals surface area contributed by atoms with Crippen molar-refractivity contribution in [1.82, 2.24) is 4.90 Å². The van der Waals surface area contributed by atoms with Crippen molar-refractivity contribution in [2.24, 2.45) is 5.92 Å². The van der Waals surface area contributed by atoms with Crippen molar-refractivity contribution < 1.29 is 0 Å². The fraction of sp³-hybridized carbons (Fsp3) is 0.909. The second-order valence-electron chi connectivity index (χ2n) is 4.47. The van der Waals surface area contributed by atoms with Crippen LogP contribution in [0.4, 0.5) is 0 Å². The van der Waals surface area contributed by atoms with Gasteiger partial charge >= 0.3 is 0 Å². The average molecular weight is 197 g/mol. The second-order valence-corrected chi connectivity index (χ2v) is 5.06. The minimum atomic E-state index is 0.806. The molecule has 1 aliphatic carbocycles. The van der Waals surface area contributed by atoms with Crippen LogP contribution in [0.1, 0.15) is 45.4 Å². The monoisotopic (exact) mass is 197 g/mol. The summed E-state index contributed by atoms with van der Waals surface area (Å²) in [6, 6.07) is 0.806. The molecule has 1 heterocycles. The van der Waals surface area contributed by atoms with Crippen LogP contribution in [0, 0.1) is 5.92 Å². The normalized spacial score (nSPS) is 34.1. The Labute approximate surface area is 86.5 Å². The lowest BCUT2D eigenvalue weighted by molar-refractivity contribution is 0.121. The van der Waals surface area contributed by atoms with Crippen LogP contribution in [-0.4, -0.2) is 22.5 Å². The van der Waals surface area contributed by atoms with Gasteiger partial charge < -0.3 is 4.90 Å². The van der Waals surface area contributed by atoms with E-state index in [1.54, 1.807) is 0 Å². The Hall–Kier alpha value is -0.110. The average Bonchev–Trinajstić information content (AvgIpc) is 2.17. The zero-order valence-corrected chi connectivity index (χ0v) is 9.28. The molecule has 0 N–H and O–H groups in total. The van der Waals surface area contributed by atoms with Gasteiger partial charge in [-0.3, -0.25) is 0 Å². The van der Waals surface area contributed by atoms with Crippen LogP contribution in [0.3, 0.4) is 0 Å². The van der Waals surface area contributed by atoms with Gasteiger partial charge in [-0.25, -0.2) is 0 Å². The molecule has 1 nitrogen and oxygen atoms in total. The van der Waals surface area contributed by atoms with Crippen molar-refractivity contribution in [1.29, 1.82) is 0 Å². The maximum Gasteiger partial charge on any atom is 0.0750 e. The zero-order chi connectivity index (χ0) is 9.26. The van der Waals surface area contributed by atoms with Crippen LogP contribution in [0.25, 0.3) is 0 Å². The van der Waals surface area contributed by atoms with Crippen LogP contribution in [0.2, 0.25) is 0 Å². The van der Waals surface area contributed by atoms with Crippen molar-refractivity contribution in [3.8, 4) is 0 Å². The van der Waals surface area contributed by atoms with Gasteiger partial charge in [0.1, 0.15) is 0 Å². The summed E-state index contributed by atoms with van der Waals surface area (Å²) in [7, 11) is 0. The summed E-state index contributed by atoms with van der Waals surface area (Å²) in [6.45, 7) is 3.31. The predicted molar refractivity (Wildman–Crippen MR) is 60.0 cm³/mol. The zero-order valence-electron chi connectivity index (χ0n) is 8.46. The molecule has 0 spiro atoms. The SMILES string of the molecule is CC(=S)N1CCC[C@@H]2CCCC[C@@H]21. The molecule has 1 saturated carbocycles. The maximum absolute atomic E-state index is 5.31. The first-order valence-corrected chi connectivity index (χ1v) is 5.97. The summed E-state index contributed by atoms with van der Waals surface area (Å²) in [5, 5.41) is 0. The number of rotatable bonds is 0. The molecule has 74 valence electrons. The van der Waals surface area contributed by atoms with E-state index in [2.05, 4.69) is 11.8 Å². The molecular weight excluding hydrogens is 178 g/mol. The van der Waals surface area contributed by atoms with Crippen molar-refractivity contribution in [3.63, 3.8) is 0 Å². The topological polar surface area (TPSA) is 3.24 Å². The summed E-state index contributed by atoms with van der Waals surface area (Å²) < 4.78 is 0. The molecule has 0 amide bonds. The molecule has 2 aliphatic rings. The van der Waals surface area contributed by atoms with Gasteiger partial charge in [0.15, 0.2) is 0 Å². The molecule has 0 radical (unpaired) electrons. The molecule has 0 unspecified atom stereocenters. The molecule has 0 aromatic carbocycles. The Bertz CT molecular complexity index is 200. The standard InChI is InChI=1S/C11H19NS/c1-9(13)12-8-4-6-10-5-2-3-7-11(10)12/h10-11H,2-8H2,1H3/t10-,11-/m0/s1. The van der Waals surface area contributed by atoms with Gasteiger partial charge in [-0.05, 0) is 38.5 Å². The van der Waals surface area contributed by atoms with Crippen LogP contribution in [0.5, 0.6) is 0 Å². The number of likely N-dealkylation sites (tertiary alicyclic amines) is 1. The molecule has 2 fully saturated rings. The summed E-state index contributed by atoms with van der Waals surface area (Å²) in [5.74, 6) is 0.959. The van der Waals surface area contributed by atoms with Gasteiger partial charge in [-0.2, -0.15) is 0 Å². The Morgan fingerprint density at radius 3 is 2.62 bits per heavy atom. The van der Waals surface area contributed by atoms with Crippen molar-refractivity contribution in [3.05, 3.63) is 0 Å². The van der Waals surface area contributed by atoms with Crippen LogP contribution in [0.15, 0.2) is 0 Å². The van der Waals surface area contributed by atoms with E-state index in [-0.39, 0.29) is 0 Å². The predicted octanol–water partition coefficient (Wildman–Crippen LogP) is 2.99. The Morgan fingerprint density at radius 1 is 1.15 bits per heavy atom. The molecule has 0 aromatic rings. The van der Waals surface area contributed by atoms with Gasteiger partial charge in [-0.15, -0.1) is 0 Å². The number of thiocarbonyl (C=S) groups is 1. The van der Waals surface area contributed by atoms with Gasteiger partial charge in [0.2, 0.25) is 0 Å². The third kappa shape index (κ3) is 1.88. The van der Waals surface area contributed by atoms with E-state index in [0.717, 1.165) is 16.9 Å². The highest BCUT2D eigenvalue weighted by molar-refractivity contribution is 7.80. The van der Waals surface area contributed by atoms with Crippen molar-refractivity contribution >= 4 is 17.2 Å². The number of hydrogen-bond acceptors (Lipinski definition) is 1. The summed E-state index contributed by atoms with van der Waals surface area (Å²) in [5.41, 5.74) is 0. The van der Waals surface area contributed by atoms with E-state index < -0.39 is 0 Å². The highest BCUT2D eigenvalue weighted by Crippen LogP contribution is 2.35. The van der Waals surface area contributed by atoms with Crippen LogP contribution in [-0.2, 0) is 0 Å². The number of fused-ring (bicyclic) bond motifs is 1. The van der Waals surface area contributed by atoms with E-state index in [4.69, 9.17) is 12.2 Å².